The Hall–Kier alpha value is -3.45. The van der Waals surface area contributed by atoms with Gasteiger partial charge >= 0.3 is 0 Å². The Kier molecular flexibility index (Phi) is 7.19. The van der Waals surface area contributed by atoms with Crippen molar-refractivity contribution in [1.82, 2.24) is 19.6 Å². The summed E-state index contributed by atoms with van der Waals surface area (Å²) in [6.45, 7) is 5.71. The molecule has 7 heteroatoms. The van der Waals surface area contributed by atoms with E-state index in [9.17, 15) is 9.59 Å². The van der Waals surface area contributed by atoms with Crippen LogP contribution in [0.1, 0.15) is 18.5 Å². The monoisotopic (exact) mass is 446 g/mol. The van der Waals surface area contributed by atoms with Gasteiger partial charge in [-0.05, 0) is 49.2 Å². The average Bonchev–Trinajstić information content (AvgIpc) is 2.88. The molecule has 1 aromatic heterocycles. The van der Waals surface area contributed by atoms with Gasteiger partial charge in [0.25, 0.3) is 5.56 Å². The van der Waals surface area contributed by atoms with Crippen LogP contribution in [-0.4, -0.2) is 65.3 Å². The van der Waals surface area contributed by atoms with E-state index in [0.29, 0.717) is 18.8 Å². The van der Waals surface area contributed by atoms with Gasteiger partial charge in [0.15, 0.2) is 0 Å². The van der Waals surface area contributed by atoms with Crippen molar-refractivity contribution in [1.29, 1.82) is 0 Å². The molecule has 1 atom stereocenters. The number of methoxy groups -OCH3 is 1. The standard InChI is InChI=1S/C26H30N4O3/c1-20(30-25(31)13-12-24(27-30)22-8-10-23(33-2)11-9-22)26(32)29-18-16-28(17-19-29)15-14-21-6-4-3-5-7-21/h3-13,20H,14-19H2,1-2H3. The number of amides is 1. The van der Waals surface area contributed by atoms with Crippen LogP contribution in [0.5, 0.6) is 5.75 Å². The van der Waals surface area contributed by atoms with E-state index in [1.807, 2.05) is 35.2 Å². The maximum atomic E-state index is 13.2. The van der Waals surface area contributed by atoms with Crippen molar-refractivity contribution >= 4 is 5.91 Å². The van der Waals surface area contributed by atoms with Gasteiger partial charge in [0, 0.05) is 44.4 Å². The summed E-state index contributed by atoms with van der Waals surface area (Å²) in [5, 5.41) is 4.50. The quantitative estimate of drug-likeness (QED) is 0.558. The fourth-order valence-electron chi connectivity index (χ4n) is 4.11. The first-order valence-corrected chi connectivity index (χ1v) is 11.3. The fourth-order valence-corrected chi connectivity index (χ4v) is 4.11. The molecule has 3 aromatic rings. The van der Waals surface area contributed by atoms with Crippen LogP contribution in [0.2, 0.25) is 0 Å². The number of piperazine rings is 1. The van der Waals surface area contributed by atoms with Crippen LogP contribution in [0.4, 0.5) is 0 Å². The van der Waals surface area contributed by atoms with Crippen LogP contribution < -0.4 is 10.3 Å². The summed E-state index contributed by atoms with van der Waals surface area (Å²) in [4.78, 5) is 29.9. The highest BCUT2D eigenvalue weighted by molar-refractivity contribution is 5.80. The van der Waals surface area contributed by atoms with Crippen molar-refractivity contribution < 1.29 is 9.53 Å². The highest BCUT2D eigenvalue weighted by atomic mass is 16.5. The Morgan fingerprint density at radius 2 is 1.67 bits per heavy atom. The van der Waals surface area contributed by atoms with Gasteiger partial charge in [-0.25, -0.2) is 4.68 Å². The molecule has 2 aromatic carbocycles. The van der Waals surface area contributed by atoms with E-state index in [2.05, 4.69) is 34.3 Å². The van der Waals surface area contributed by atoms with Crippen molar-refractivity contribution in [3.63, 3.8) is 0 Å². The molecule has 1 aliphatic heterocycles. The zero-order valence-electron chi connectivity index (χ0n) is 19.2. The minimum Gasteiger partial charge on any atom is -0.497 e. The average molecular weight is 447 g/mol. The lowest BCUT2D eigenvalue weighted by Crippen LogP contribution is -2.51. The Labute approximate surface area is 194 Å². The molecule has 0 N–H and O–H groups in total. The molecule has 172 valence electrons. The predicted molar refractivity (Wildman–Crippen MR) is 128 cm³/mol. The molecule has 7 nitrogen and oxygen atoms in total. The zero-order chi connectivity index (χ0) is 23.2. The molecule has 1 aliphatic rings. The number of benzene rings is 2. The molecule has 0 spiro atoms. The Bertz CT molecular complexity index is 1120. The van der Waals surface area contributed by atoms with Crippen LogP contribution >= 0.6 is 0 Å². The molecule has 1 unspecified atom stereocenters. The van der Waals surface area contributed by atoms with Gasteiger partial charge < -0.3 is 9.64 Å². The lowest BCUT2D eigenvalue weighted by atomic mass is 10.1. The van der Waals surface area contributed by atoms with Gasteiger partial charge in [-0.3, -0.25) is 14.5 Å². The lowest BCUT2D eigenvalue weighted by molar-refractivity contribution is -0.136. The summed E-state index contributed by atoms with van der Waals surface area (Å²) in [5.74, 6) is 0.678. The minimum absolute atomic E-state index is 0.0702. The van der Waals surface area contributed by atoms with Gasteiger partial charge in [0.2, 0.25) is 5.91 Å². The molecule has 0 radical (unpaired) electrons. The largest absolute Gasteiger partial charge is 0.497 e. The van der Waals surface area contributed by atoms with Crippen molar-refractivity contribution in [3.8, 4) is 17.0 Å². The summed E-state index contributed by atoms with van der Waals surface area (Å²) in [7, 11) is 1.61. The Balaban J connectivity index is 1.38. The highest BCUT2D eigenvalue weighted by Gasteiger charge is 2.27. The van der Waals surface area contributed by atoms with Crippen molar-refractivity contribution in [2.45, 2.75) is 19.4 Å². The first-order chi connectivity index (χ1) is 16.0. The number of nitrogens with zero attached hydrogens (tertiary/aromatic N) is 4. The maximum absolute atomic E-state index is 13.2. The molecule has 4 rings (SSSR count). The Morgan fingerprint density at radius 3 is 2.33 bits per heavy atom. The third kappa shape index (κ3) is 5.49. The summed E-state index contributed by atoms with van der Waals surface area (Å²) in [6, 6.07) is 20.4. The van der Waals surface area contributed by atoms with Crippen LogP contribution in [-0.2, 0) is 11.2 Å². The Morgan fingerprint density at radius 1 is 0.970 bits per heavy atom. The number of hydrogen-bond acceptors (Lipinski definition) is 5. The number of carbonyl (C=O) groups is 1. The van der Waals surface area contributed by atoms with E-state index in [1.165, 1.54) is 16.3 Å². The molecule has 0 saturated carbocycles. The molecular formula is C26H30N4O3. The summed E-state index contributed by atoms with van der Waals surface area (Å²) in [5.41, 5.74) is 2.54. The zero-order valence-corrected chi connectivity index (χ0v) is 19.2. The van der Waals surface area contributed by atoms with E-state index in [0.717, 1.165) is 37.4 Å². The van der Waals surface area contributed by atoms with Crippen LogP contribution in [0.25, 0.3) is 11.3 Å². The fraction of sp³-hybridized carbons (Fsp3) is 0.346. The summed E-state index contributed by atoms with van der Waals surface area (Å²) >= 11 is 0. The predicted octanol–water partition coefficient (Wildman–Crippen LogP) is 2.87. The smallest absolute Gasteiger partial charge is 0.267 e. The normalized spacial score (nSPS) is 15.3. The maximum Gasteiger partial charge on any atom is 0.267 e. The van der Waals surface area contributed by atoms with Gasteiger partial charge in [0.05, 0.1) is 12.8 Å². The molecule has 2 heterocycles. The molecule has 1 fully saturated rings. The third-order valence-electron chi connectivity index (χ3n) is 6.18. The SMILES string of the molecule is COc1ccc(-c2ccc(=O)n(C(C)C(=O)N3CCN(CCc4ccccc4)CC3)n2)cc1. The van der Waals surface area contributed by atoms with Gasteiger partial charge in [-0.15, -0.1) is 0 Å². The highest BCUT2D eigenvalue weighted by Crippen LogP contribution is 2.20. The van der Waals surface area contributed by atoms with Gasteiger partial charge in [0.1, 0.15) is 11.8 Å². The first kappa shape index (κ1) is 22.7. The van der Waals surface area contributed by atoms with Crippen LogP contribution in [0.15, 0.2) is 71.5 Å². The number of aromatic nitrogens is 2. The summed E-state index contributed by atoms with van der Waals surface area (Å²) in [6.07, 6.45) is 1.00. The van der Waals surface area contributed by atoms with Crippen molar-refractivity contribution in [2.75, 3.05) is 39.8 Å². The second-order valence-electron chi connectivity index (χ2n) is 8.31. The first-order valence-electron chi connectivity index (χ1n) is 11.3. The molecule has 0 aliphatic carbocycles. The van der Waals surface area contributed by atoms with E-state index >= 15 is 0 Å². The molecule has 1 saturated heterocycles. The van der Waals surface area contributed by atoms with Crippen molar-refractivity contribution in [3.05, 3.63) is 82.6 Å². The summed E-state index contributed by atoms with van der Waals surface area (Å²) < 4.78 is 6.50. The topological polar surface area (TPSA) is 67.7 Å². The second kappa shape index (κ2) is 10.4. The van der Waals surface area contributed by atoms with Crippen LogP contribution in [0.3, 0.4) is 0 Å². The number of ether oxygens (including phenoxy) is 1. The second-order valence-corrected chi connectivity index (χ2v) is 8.31. The molecule has 0 bridgehead atoms. The van der Waals surface area contributed by atoms with Gasteiger partial charge in [-0.2, -0.15) is 5.10 Å². The minimum atomic E-state index is -0.661. The molecule has 1 amide bonds. The molecular weight excluding hydrogens is 416 g/mol. The third-order valence-corrected chi connectivity index (χ3v) is 6.18. The number of carbonyl (C=O) groups excluding carboxylic acids is 1. The molecule has 33 heavy (non-hydrogen) atoms. The van der Waals surface area contributed by atoms with E-state index in [4.69, 9.17) is 4.74 Å². The number of rotatable bonds is 7. The van der Waals surface area contributed by atoms with E-state index in [-0.39, 0.29) is 11.5 Å². The van der Waals surface area contributed by atoms with E-state index < -0.39 is 6.04 Å². The van der Waals surface area contributed by atoms with Gasteiger partial charge in [-0.1, -0.05) is 30.3 Å². The van der Waals surface area contributed by atoms with E-state index in [1.54, 1.807) is 20.1 Å². The van der Waals surface area contributed by atoms with Crippen LogP contribution in [0, 0.1) is 0 Å². The number of hydrogen-bond donors (Lipinski definition) is 0. The van der Waals surface area contributed by atoms with Crippen molar-refractivity contribution in [2.24, 2.45) is 0 Å². The lowest BCUT2D eigenvalue weighted by Gasteiger charge is -2.36.